The number of phenolic OH excluding ortho intramolecular Hbond substituents is 1. The fraction of sp³-hybridized carbons (Fsp3) is 0.419. The van der Waals surface area contributed by atoms with E-state index in [9.17, 15) is 5.11 Å². The maximum atomic E-state index is 9.85. The molecule has 1 atom stereocenters. The highest BCUT2D eigenvalue weighted by Crippen LogP contribution is 2.38. The standard InChI is InChI=1S/C31H40N2O2/c1-4-33(23-25-11-9-24(10-12-25)17-18-32(2)19-20-35-3)31-8-6-5-7-30(31)28-14-13-27-22-29(34)16-15-26(27)21-28/h5-12,15-16,22,28,34H,4,13-14,17-21,23H2,1-3H3. The molecule has 0 spiro atoms. The lowest BCUT2D eigenvalue weighted by atomic mass is 9.79. The van der Waals surface area contributed by atoms with Crippen LogP contribution in [0.15, 0.2) is 66.7 Å². The normalized spacial score (nSPS) is 15.3. The second-order valence-corrected chi connectivity index (χ2v) is 9.83. The number of likely N-dealkylation sites (N-methyl/N-ethyl adjacent to an activating group) is 1. The summed E-state index contributed by atoms with van der Waals surface area (Å²) in [7, 11) is 3.91. The van der Waals surface area contributed by atoms with Crippen LogP contribution in [-0.4, -0.2) is 50.4 Å². The molecular formula is C31H40N2O2. The van der Waals surface area contributed by atoms with Gasteiger partial charge in [0.15, 0.2) is 0 Å². The molecule has 4 nitrogen and oxygen atoms in total. The van der Waals surface area contributed by atoms with Crippen LogP contribution in [0.1, 0.15) is 47.1 Å². The van der Waals surface area contributed by atoms with E-state index in [2.05, 4.69) is 78.4 Å². The number of hydrogen-bond acceptors (Lipinski definition) is 4. The first-order valence-electron chi connectivity index (χ1n) is 13.0. The molecule has 3 aromatic carbocycles. The maximum Gasteiger partial charge on any atom is 0.115 e. The summed E-state index contributed by atoms with van der Waals surface area (Å²) in [6, 6.07) is 24.0. The van der Waals surface area contributed by atoms with Gasteiger partial charge in [-0.15, -0.1) is 0 Å². The molecule has 1 aliphatic carbocycles. The molecule has 1 aliphatic rings. The van der Waals surface area contributed by atoms with Crippen LogP contribution in [0, 0.1) is 0 Å². The summed E-state index contributed by atoms with van der Waals surface area (Å²) < 4.78 is 5.18. The second-order valence-electron chi connectivity index (χ2n) is 9.83. The number of aryl methyl sites for hydroxylation is 1. The van der Waals surface area contributed by atoms with Gasteiger partial charge in [0.25, 0.3) is 0 Å². The fourth-order valence-corrected chi connectivity index (χ4v) is 5.21. The van der Waals surface area contributed by atoms with Gasteiger partial charge in [0.2, 0.25) is 0 Å². The molecule has 1 unspecified atom stereocenters. The number of fused-ring (bicyclic) bond motifs is 1. The summed E-state index contributed by atoms with van der Waals surface area (Å²) in [5, 5.41) is 9.85. The highest BCUT2D eigenvalue weighted by Gasteiger charge is 2.24. The Hall–Kier alpha value is -2.82. The molecule has 186 valence electrons. The van der Waals surface area contributed by atoms with Crippen molar-refractivity contribution in [1.82, 2.24) is 4.90 Å². The van der Waals surface area contributed by atoms with E-state index in [1.807, 2.05) is 12.1 Å². The molecule has 0 radical (unpaired) electrons. The van der Waals surface area contributed by atoms with E-state index in [1.54, 1.807) is 7.11 Å². The molecule has 0 saturated carbocycles. The van der Waals surface area contributed by atoms with Crippen LogP contribution in [0.2, 0.25) is 0 Å². The predicted octanol–water partition coefficient (Wildman–Crippen LogP) is 5.81. The van der Waals surface area contributed by atoms with Gasteiger partial charge in [-0.3, -0.25) is 0 Å². The third kappa shape index (κ3) is 6.65. The van der Waals surface area contributed by atoms with Crippen molar-refractivity contribution in [2.75, 3.05) is 45.3 Å². The average molecular weight is 473 g/mol. The molecular weight excluding hydrogens is 432 g/mol. The Morgan fingerprint density at radius 2 is 1.71 bits per heavy atom. The molecule has 0 saturated heterocycles. The minimum absolute atomic E-state index is 0.379. The van der Waals surface area contributed by atoms with Crippen molar-refractivity contribution in [3.8, 4) is 5.75 Å². The van der Waals surface area contributed by atoms with Crippen molar-refractivity contribution in [3.05, 3.63) is 94.5 Å². The van der Waals surface area contributed by atoms with Crippen LogP contribution in [0.4, 0.5) is 5.69 Å². The second kappa shape index (κ2) is 12.2. The number of anilines is 1. The van der Waals surface area contributed by atoms with Crippen LogP contribution >= 0.6 is 0 Å². The van der Waals surface area contributed by atoms with Crippen molar-refractivity contribution < 1.29 is 9.84 Å². The van der Waals surface area contributed by atoms with Crippen LogP contribution in [-0.2, 0) is 30.5 Å². The van der Waals surface area contributed by atoms with E-state index in [0.717, 1.165) is 58.5 Å². The van der Waals surface area contributed by atoms with E-state index in [1.165, 1.54) is 33.5 Å². The zero-order valence-electron chi connectivity index (χ0n) is 21.5. The van der Waals surface area contributed by atoms with Gasteiger partial charge < -0.3 is 19.6 Å². The largest absolute Gasteiger partial charge is 0.508 e. The third-order valence-electron chi connectivity index (χ3n) is 7.37. The van der Waals surface area contributed by atoms with Crippen molar-refractivity contribution in [2.24, 2.45) is 0 Å². The predicted molar refractivity (Wildman–Crippen MR) is 146 cm³/mol. The summed E-state index contributed by atoms with van der Waals surface area (Å²) in [4.78, 5) is 4.83. The molecule has 3 aromatic rings. The minimum Gasteiger partial charge on any atom is -0.508 e. The Balaban J connectivity index is 1.43. The molecule has 0 bridgehead atoms. The number of benzene rings is 3. The van der Waals surface area contributed by atoms with E-state index >= 15 is 0 Å². The number of nitrogens with zero attached hydrogens (tertiary/aromatic N) is 2. The van der Waals surface area contributed by atoms with Crippen molar-refractivity contribution >= 4 is 5.69 Å². The van der Waals surface area contributed by atoms with Gasteiger partial charge in [-0.05, 0) is 91.6 Å². The Labute approximate surface area is 211 Å². The first-order chi connectivity index (χ1) is 17.1. The number of hydrogen-bond donors (Lipinski definition) is 1. The first-order valence-corrected chi connectivity index (χ1v) is 13.0. The van der Waals surface area contributed by atoms with E-state index in [-0.39, 0.29) is 0 Å². The highest BCUT2D eigenvalue weighted by molar-refractivity contribution is 5.56. The Kier molecular flexibility index (Phi) is 8.84. The lowest BCUT2D eigenvalue weighted by Gasteiger charge is -2.31. The van der Waals surface area contributed by atoms with Crippen molar-refractivity contribution in [2.45, 2.75) is 45.1 Å². The first kappa shape index (κ1) is 25.3. The molecule has 0 amide bonds. The molecule has 0 heterocycles. The SMILES string of the molecule is CCN(Cc1ccc(CCN(C)CCOC)cc1)c1ccccc1C1CCc2cc(O)ccc2C1. The Morgan fingerprint density at radius 1 is 0.943 bits per heavy atom. The monoisotopic (exact) mass is 472 g/mol. The van der Waals surface area contributed by atoms with E-state index in [4.69, 9.17) is 4.74 Å². The average Bonchev–Trinajstić information content (AvgIpc) is 2.89. The summed E-state index contributed by atoms with van der Waals surface area (Å²) in [5.74, 6) is 0.888. The number of ether oxygens (including phenoxy) is 1. The maximum absolute atomic E-state index is 9.85. The smallest absolute Gasteiger partial charge is 0.115 e. The Bertz CT molecular complexity index is 1080. The van der Waals surface area contributed by atoms with Gasteiger partial charge in [-0.2, -0.15) is 0 Å². The summed E-state index contributed by atoms with van der Waals surface area (Å²) >= 11 is 0. The molecule has 0 aromatic heterocycles. The molecule has 35 heavy (non-hydrogen) atoms. The van der Waals surface area contributed by atoms with Gasteiger partial charge in [0.1, 0.15) is 5.75 Å². The third-order valence-corrected chi connectivity index (χ3v) is 7.37. The van der Waals surface area contributed by atoms with Crippen molar-refractivity contribution in [3.63, 3.8) is 0 Å². The number of para-hydroxylation sites is 1. The van der Waals surface area contributed by atoms with Gasteiger partial charge in [-0.25, -0.2) is 0 Å². The van der Waals surface area contributed by atoms with Gasteiger partial charge in [-0.1, -0.05) is 48.5 Å². The zero-order valence-corrected chi connectivity index (χ0v) is 21.5. The quantitative estimate of drug-likeness (QED) is 0.382. The minimum atomic E-state index is 0.379. The number of phenols is 1. The van der Waals surface area contributed by atoms with Crippen molar-refractivity contribution in [1.29, 1.82) is 0 Å². The lowest BCUT2D eigenvalue weighted by Crippen LogP contribution is -2.25. The topological polar surface area (TPSA) is 35.9 Å². The van der Waals surface area contributed by atoms with Gasteiger partial charge >= 0.3 is 0 Å². The van der Waals surface area contributed by atoms with Crippen LogP contribution in [0.25, 0.3) is 0 Å². The summed E-state index contributed by atoms with van der Waals surface area (Å²) in [5.41, 5.74) is 8.21. The molecule has 0 aliphatic heterocycles. The Morgan fingerprint density at radius 3 is 2.49 bits per heavy atom. The number of rotatable bonds is 11. The number of aromatic hydroxyl groups is 1. The molecule has 1 N–H and O–H groups in total. The van der Waals surface area contributed by atoms with E-state index < -0.39 is 0 Å². The molecule has 4 rings (SSSR count). The molecule has 4 heteroatoms. The zero-order chi connectivity index (χ0) is 24.6. The lowest BCUT2D eigenvalue weighted by molar-refractivity contribution is 0.162. The van der Waals surface area contributed by atoms with E-state index in [0.29, 0.717) is 11.7 Å². The molecule has 0 fully saturated rings. The fourth-order valence-electron chi connectivity index (χ4n) is 5.21. The van der Waals surface area contributed by atoms with Gasteiger partial charge in [0.05, 0.1) is 6.61 Å². The highest BCUT2D eigenvalue weighted by atomic mass is 16.5. The summed E-state index contributed by atoms with van der Waals surface area (Å²) in [6.07, 6.45) is 4.25. The van der Waals surface area contributed by atoms with Gasteiger partial charge in [0, 0.05) is 39.0 Å². The number of methoxy groups -OCH3 is 1. The summed E-state index contributed by atoms with van der Waals surface area (Å²) in [6.45, 7) is 6.93. The van der Waals surface area contributed by atoms with Crippen LogP contribution in [0.5, 0.6) is 5.75 Å². The van der Waals surface area contributed by atoms with Crippen LogP contribution in [0.3, 0.4) is 0 Å². The van der Waals surface area contributed by atoms with Crippen LogP contribution < -0.4 is 4.90 Å².